The van der Waals surface area contributed by atoms with Gasteiger partial charge in [0.15, 0.2) is 0 Å². The zero-order valence-corrected chi connectivity index (χ0v) is 13.3. The molecule has 124 valence electrons. The van der Waals surface area contributed by atoms with Crippen molar-refractivity contribution in [3.05, 3.63) is 65.7 Å². The molecule has 3 aromatic rings. The zero-order chi connectivity index (χ0) is 16.9. The Morgan fingerprint density at radius 3 is 2.92 bits per heavy atom. The van der Waals surface area contributed by atoms with Gasteiger partial charge in [0, 0.05) is 12.1 Å². The summed E-state index contributed by atoms with van der Waals surface area (Å²) in [5, 5.41) is 3.70. The summed E-state index contributed by atoms with van der Waals surface area (Å²) in [5.74, 6) is 0.174. The fourth-order valence-corrected chi connectivity index (χ4v) is 2.63. The van der Waals surface area contributed by atoms with Gasteiger partial charge in [-0.05, 0) is 48.7 Å². The smallest absolute Gasteiger partial charge is 0.251 e. The molecule has 4 nitrogen and oxygen atoms in total. The Morgan fingerprint density at radius 2 is 2.12 bits per heavy atom. The molecule has 0 spiro atoms. The van der Waals surface area contributed by atoms with E-state index in [-0.39, 0.29) is 11.7 Å². The van der Waals surface area contributed by atoms with Crippen LogP contribution in [0.2, 0.25) is 0 Å². The fourth-order valence-electron chi connectivity index (χ4n) is 2.63. The predicted octanol–water partition coefficient (Wildman–Crippen LogP) is 3.94. The Bertz CT molecular complexity index is 857. The van der Waals surface area contributed by atoms with Crippen LogP contribution in [-0.2, 0) is 6.42 Å². The predicted molar refractivity (Wildman–Crippen MR) is 89.8 cm³/mol. The number of hydrogen-bond donors (Lipinski definition) is 1. The Balaban J connectivity index is 1.59. The summed E-state index contributed by atoms with van der Waals surface area (Å²) in [6, 6.07) is 11.7. The van der Waals surface area contributed by atoms with E-state index in [1.807, 2.05) is 6.07 Å². The number of rotatable bonds is 6. The molecule has 1 heterocycles. The van der Waals surface area contributed by atoms with Crippen molar-refractivity contribution in [3.63, 3.8) is 0 Å². The monoisotopic (exact) mass is 327 g/mol. The second-order valence-electron chi connectivity index (χ2n) is 5.50. The highest BCUT2D eigenvalue weighted by molar-refractivity contribution is 5.99. The van der Waals surface area contributed by atoms with E-state index in [9.17, 15) is 9.18 Å². The normalized spacial score (nSPS) is 10.8. The van der Waals surface area contributed by atoms with E-state index in [1.54, 1.807) is 37.6 Å². The molecule has 0 atom stereocenters. The number of fused-ring (bicyclic) bond motifs is 1. The Hall–Kier alpha value is -2.82. The maximum absolute atomic E-state index is 13.1. The summed E-state index contributed by atoms with van der Waals surface area (Å²) in [6.45, 7) is 0.508. The first-order valence-corrected chi connectivity index (χ1v) is 7.75. The van der Waals surface area contributed by atoms with Crippen LogP contribution in [0.5, 0.6) is 5.75 Å². The van der Waals surface area contributed by atoms with Crippen LogP contribution in [0.4, 0.5) is 4.39 Å². The van der Waals surface area contributed by atoms with Crippen LogP contribution in [0.1, 0.15) is 22.3 Å². The Labute approximate surface area is 139 Å². The van der Waals surface area contributed by atoms with Gasteiger partial charge in [-0.15, -0.1) is 0 Å². The van der Waals surface area contributed by atoms with Crippen molar-refractivity contribution < 1.29 is 18.3 Å². The van der Waals surface area contributed by atoms with Crippen LogP contribution >= 0.6 is 0 Å². The number of methoxy groups -OCH3 is 1. The third-order valence-electron chi connectivity index (χ3n) is 3.83. The average molecular weight is 327 g/mol. The molecule has 0 aliphatic heterocycles. The lowest BCUT2D eigenvalue weighted by molar-refractivity contribution is 0.0953. The van der Waals surface area contributed by atoms with Crippen LogP contribution in [-0.4, -0.2) is 19.6 Å². The third kappa shape index (κ3) is 3.56. The Kier molecular flexibility index (Phi) is 4.79. The second-order valence-corrected chi connectivity index (χ2v) is 5.50. The van der Waals surface area contributed by atoms with Gasteiger partial charge in [-0.1, -0.05) is 12.1 Å². The molecule has 0 radical (unpaired) electrons. The molecule has 5 heteroatoms. The molecule has 0 saturated heterocycles. The standard InChI is InChI=1S/C19H18FNO3/c1-23-17-11-14(12-18-16(17)7-9-24-18)19(22)21-8-3-5-13-4-2-6-15(20)10-13/h2,4,6-7,9-12H,3,5,8H2,1H3,(H,21,22). The van der Waals surface area contributed by atoms with Crippen molar-refractivity contribution >= 4 is 16.9 Å². The van der Waals surface area contributed by atoms with Gasteiger partial charge in [0.2, 0.25) is 0 Å². The van der Waals surface area contributed by atoms with Crippen molar-refractivity contribution in [2.24, 2.45) is 0 Å². The molecule has 0 bridgehead atoms. The summed E-state index contributed by atoms with van der Waals surface area (Å²) in [4.78, 5) is 12.3. The number of halogens is 1. The van der Waals surface area contributed by atoms with Crippen molar-refractivity contribution in [1.29, 1.82) is 0 Å². The number of aryl methyl sites for hydroxylation is 1. The lowest BCUT2D eigenvalue weighted by Crippen LogP contribution is -2.24. The summed E-state index contributed by atoms with van der Waals surface area (Å²) in [7, 11) is 1.56. The molecule has 0 aliphatic rings. The van der Waals surface area contributed by atoms with Crippen LogP contribution in [0, 0.1) is 5.82 Å². The van der Waals surface area contributed by atoms with Crippen molar-refractivity contribution in [1.82, 2.24) is 5.32 Å². The molecule has 1 N–H and O–H groups in total. The maximum atomic E-state index is 13.1. The highest BCUT2D eigenvalue weighted by Crippen LogP contribution is 2.28. The molecule has 0 aliphatic carbocycles. The van der Waals surface area contributed by atoms with Gasteiger partial charge in [-0.2, -0.15) is 0 Å². The molecular formula is C19H18FNO3. The van der Waals surface area contributed by atoms with Gasteiger partial charge in [0.05, 0.1) is 18.8 Å². The minimum Gasteiger partial charge on any atom is -0.496 e. The van der Waals surface area contributed by atoms with E-state index in [4.69, 9.17) is 9.15 Å². The minimum atomic E-state index is -0.240. The average Bonchev–Trinajstić information content (AvgIpc) is 3.06. The first kappa shape index (κ1) is 16.1. The first-order chi connectivity index (χ1) is 11.7. The quantitative estimate of drug-likeness (QED) is 0.698. The van der Waals surface area contributed by atoms with E-state index in [1.165, 1.54) is 12.1 Å². The summed E-state index contributed by atoms with van der Waals surface area (Å²) >= 11 is 0. The van der Waals surface area contributed by atoms with Crippen molar-refractivity contribution in [2.75, 3.05) is 13.7 Å². The van der Waals surface area contributed by atoms with Gasteiger partial charge >= 0.3 is 0 Å². The van der Waals surface area contributed by atoms with Crippen LogP contribution in [0.15, 0.2) is 53.1 Å². The number of nitrogens with one attached hydrogen (secondary N) is 1. The van der Waals surface area contributed by atoms with Gasteiger partial charge in [-0.25, -0.2) is 4.39 Å². The molecule has 1 aromatic heterocycles. The lowest BCUT2D eigenvalue weighted by Gasteiger charge is -2.08. The number of carbonyl (C=O) groups excluding carboxylic acids is 1. The number of carbonyl (C=O) groups is 1. The Morgan fingerprint density at radius 1 is 1.25 bits per heavy atom. The topological polar surface area (TPSA) is 51.5 Å². The van der Waals surface area contributed by atoms with Gasteiger partial charge in [0.1, 0.15) is 17.1 Å². The number of amides is 1. The van der Waals surface area contributed by atoms with E-state index < -0.39 is 0 Å². The molecule has 0 unspecified atom stereocenters. The van der Waals surface area contributed by atoms with Crippen LogP contribution < -0.4 is 10.1 Å². The molecule has 3 rings (SSSR count). The molecule has 1 amide bonds. The van der Waals surface area contributed by atoms with Gasteiger partial charge in [-0.3, -0.25) is 4.79 Å². The molecule has 2 aromatic carbocycles. The summed E-state index contributed by atoms with van der Waals surface area (Å²) in [6.07, 6.45) is 3.00. The van der Waals surface area contributed by atoms with E-state index in [0.717, 1.165) is 17.4 Å². The highest BCUT2D eigenvalue weighted by Gasteiger charge is 2.12. The molecule has 24 heavy (non-hydrogen) atoms. The largest absolute Gasteiger partial charge is 0.496 e. The highest BCUT2D eigenvalue weighted by atomic mass is 19.1. The number of benzene rings is 2. The van der Waals surface area contributed by atoms with Gasteiger partial charge in [0.25, 0.3) is 5.91 Å². The van der Waals surface area contributed by atoms with Gasteiger partial charge < -0.3 is 14.5 Å². The van der Waals surface area contributed by atoms with Crippen molar-refractivity contribution in [3.8, 4) is 5.75 Å². The first-order valence-electron chi connectivity index (χ1n) is 7.75. The number of furan rings is 1. The molecule has 0 fully saturated rings. The summed E-state index contributed by atoms with van der Waals surface area (Å²) < 4.78 is 23.8. The number of hydrogen-bond acceptors (Lipinski definition) is 3. The van der Waals surface area contributed by atoms with Crippen LogP contribution in [0.25, 0.3) is 11.0 Å². The lowest BCUT2D eigenvalue weighted by atomic mass is 10.1. The van der Waals surface area contributed by atoms with E-state index in [2.05, 4.69) is 5.32 Å². The van der Waals surface area contributed by atoms with E-state index in [0.29, 0.717) is 29.9 Å². The summed E-state index contributed by atoms with van der Waals surface area (Å²) in [5.41, 5.74) is 2.02. The van der Waals surface area contributed by atoms with E-state index >= 15 is 0 Å². The molecule has 0 saturated carbocycles. The van der Waals surface area contributed by atoms with Crippen LogP contribution in [0.3, 0.4) is 0 Å². The second kappa shape index (κ2) is 7.17. The fraction of sp³-hybridized carbons (Fsp3) is 0.211. The zero-order valence-electron chi connectivity index (χ0n) is 13.3. The maximum Gasteiger partial charge on any atom is 0.251 e. The van der Waals surface area contributed by atoms with Crippen molar-refractivity contribution in [2.45, 2.75) is 12.8 Å². The SMILES string of the molecule is COc1cc(C(=O)NCCCc2cccc(F)c2)cc2occc12. The molecular weight excluding hydrogens is 309 g/mol. The number of ether oxygens (including phenoxy) is 1. The third-order valence-corrected chi connectivity index (χ3v) is 3.83. The minimum absolute atomic E-state index is 0.189.